The Bertz CT molecular complexity index is 510. The SMILES string of the molecule is CCNC(=NCc1ccco1)NC1C2CCCOC2C1(C)C. The second-order valence-electron chi connectivity index (χ2n) is 6.82. The topological polar surface area (TPSA) is 58.8 Å². The highest BCUT2D eigenvalue weighted by Crippen LogP contribution is 2.51. The van der Waals surface area contributed by atoms with Crippen molar-refractivity contribution in [2.24, 2.45) is 16.3 Å². The Morgan fingerprint density at radius 1 is 1.45 bits per heavy atom. The van der Waals surface area contributed by atoms with Crippen LogP contribution >= 0.6 is 0 Å². The number of hydrogen-bond donors (Lipinski definition) is 2. The van der Waals surface area contributed by atoms with Crippen molar-refractivity contribution in [2.75, 3.05) is 13.2 Å². The number of nitrogens with zero attached hydrogens (tertiary/aromatic N) is 1. The van der Waals surface area contributed by atoms with Gasteiger partial charge in [0.2, 0.25) is 0 Å². The standard InChI is InChI=1S/C17H27N3O2/c1-4-18-16(19-11-12-7-5-9-21-12)20-14-13-8-6-10-22-15(13)17(14,2)3/h5,7,9,13-15H,4,6,8,10-11H2,1-3H3,(H2,18,19,20). The third kappa shape index (κ3) is 2.86. The van der Waals surface area contributed by atoms with Crippen LogP contribution in [0.2, 0.25) is 0 Å². The average Bonchev–Trinajstić information content (AvgIpc) is 3.03. The van der Waals surface area contributed by atoms with E-state index in [4.69, 9.17) is 9.15 Å². The maximum Gasteiger partial charge on any atom is 0.191 e. The van der Waals surface area contributed by atoms with E-state index in [0.29, 0.717) is 24.6 Å². The summed E-state index contributed by atoms with van der Waals surface area (Å²) in [5.74, 6) is 2.33. The van der Waals surface area contributed by atoms with Crippen molar-refractivity contribution in [1.82, 2.24) is 10.6 Å². The number of nitrogens with one attached hydrogen (secondary N) is 2. The van der Waals surface area contributed by atoms with Gasteiger partial charge in [-0.3, -0.25) is 0 Å². The molecule has 0 bridgehead atoms. The molecular weight excluding hydrogens is 278 g/mol. The zero-order chi connectivity index (χ0) is 15.6. The van der Waals surface area contributed by atoms with Gasteiger partial charge in [-0.05, 0) is 31.9 Å². The van der Waals surface area contributed by atoms with Gasteiger partial charge >= 0.3 is 0 Å². The molecule has 2 heterocycles. The highest BCUT2D eigenvalue weighted by Gasteiger charge is 2.58. The Kier molecular flexibility index (Phi) is 4.43. The monoisotopic (exact) mass is 305 g/mol. The molecular formula is C17H27N3O2. The number of fused-ring (bicyclic) bond motifs is 1. The second kappa shape index (κ2) is 6.32. The van der Waals surface area contributed by atoms with Crippen molar-refractivity contribution in [3.05, 3.63) is 24.2 Å². The van der Waals surface area contributed by atoms with E-state index in [0.717, 1.165) is 31.3 Å². The highest BCUT2D eigenvalue weighted by atomic mass is 16.5. The lowest BCUT2D eigenvalue weighted by Gasteiger charge is -2.60. The van der Waals surface area contributed by atoms with E-state index < -0.39 is 0 Å². The molecule has 1 aliphatic carbocycles. The van der Waals surface area contributed by atoms with Gasteiger partial charge in [0.1, 0.15) is 12.3 Å². The molecule has 2 aliphatic rings. The molecule has 3 unspecified atom stereocenters. The molecule has 122 valence electrons. The molecule has 1 aromatic heterocycles. The average molecular weight is 305 g/mol. The summed E-state index contributed by atoms with van der Waals surface area (Å²) in [5.41, 5.74) is 0.145. The zero-order valence-electron chi connectivity index (χ0n) is 13.8. The van der Waals surface area contributed by atoms with Crippen LogP contribution in [0.15, 0.2) is 27.8 Å². The molecule has 1 aliphatic heterocycles. The molecule has 1 saturated heterocycles. The number of hydrogen-bond acceptors (Lipinski definition) is 3. The molecule has 2 fully saturated rings. The van der Waals surface area contributed by atoms with E-state index in [1.165, 1.54) is 6.42 Å². The molecule has 5 nitrogen and oxygen atoms in total. The number of rotatable bonds is 4. The van der Waals surface area contributed by atoms with Crippen LogP contribution in [0.4, 0.5) is 0 Å². The molecule has 3 atom stereocenters. The molecule has 0 spiro atoms. The van der Waals surface area contributed by atoms with Crippen LogP contribution in [0.1, 0.15) is 39.4 Å². The summed E-state index contributed by atoms with van der Waals surface area (Å²) in [6.07, 6.45) is 4.47. The van der Waals surface area contributed by atoms with Crippen LogP contribution in [0, 0.1) is 11.3 Å². The Balaban J connectivity index is 1.66. The quantitative estimate of drug-likeness (QED) is 0.663. The Labute approximate surface area is 132 Å². The molecule has 1 saturated carbocycles. The summed E-state index contributed by atoms with van der Waals surface area (Å²) in [6, 6.07) is 4.25. The molecule has 2 N–H and O–H groups in total. The minimum atomic E-state index is 0.145. The molecule has 0 amide bonds. The summed E-state index contributed by atoms with van der Waals surface area (Å²) in [7, 11) is 0. The zero-order valence-corrected chi connectivity index (χ0v) is 13.8. The predicted molar refractivity (Wildman–Crippen MR) is 86.7 cm³/mol. The fourth-order valence-corrected chi connectivity index (χ4v) is 3.84. The molecule has 5 heteroatoms. The summed E-state index contributed by atoms with van der Waals surface area (Å²) < 4.78 is 11.3. The molecule has 22 heavy (non-hydrogen) atoms. The van der Waals surface area contributed by atoms with Gasteiger partial charge in [0, 0.05) is 30.5 Å². The van der Waals surface area contributed by atoms with Gasteiger partial charge in [0.25, 0.3) is 0 Å². The van der Waals surface area contributed by atoms with Crippen molar-refractivity contribution >= 4 is 5.96 Å². The minimum absolute atomic E-state index is 0.145. The summed E-state index contributed by atoms with van der Waals surface area (Å²) >= 11 is 0. The second-order valence-corrected chi connectivity index (χ2v) is 6.82. The van der Waals surface area contributed by atoms with Gasteiger partial charge in [-0.25, -0.2) is 4.99 Å². The first-order valence-corrected chi connectivity index (χ1v) is 8.31. The van der Waals surface area contributed by atoms with E-state index >= 15 is 0 Å². The lowest BCUT2D eigenvalue weighted by Crippen LogP contribution is -2.71. The van der Waals surface area contributed by atoms with Crippen LogP contribution in [-0.4, -0.2) is 31.3 Å². The number of ether oxygens (including phenoxy) is 1. The van der Waals surface area contributed by atoms with E-state index in [9.17, 15) is 0 Å². The van der Waals surface area contributed by atoms with Crippen LogP contribution in [0.3, 0.4) is 0 Å². The van der Waals surface area contributed by atoms with E-state index in [-0.39, 0.29) is 5.41 Å². The molecule has 1 aromatic rings. The largest absolute Gasteiger partial charge is 0.467 e. The van der Waals surface area contributed by atoms with Gasteiger partial charge in [-0.15, -0.1) is 0 Å². The summed E-state index contributed by atoms with van der Waals surface area (Å²) in [4.78, 5) is 4.64. The number of aliphatic imine (C=N–C) groups is 1. The first-order valence-electron chi connectivity index (χ1n) is 8.31. The third-order valence-corrected chi connectivity index (χ3v) is 4.94. The fourth-order valence-electron chi connectivity index (χ4n) is 3.84. The van der Waals surface area contributed by atoms with E-state index in [2.05, 4.69) is 36.4 Å². The van der Waals surface area contributed by atoms with Crippen molar-refractivity contribution in [2.45, 2.75) is 52.3 Å². The Hall–Kier alpha value is -1.49. The predicted octanol–water partition coefficient (Wildman–Crippen LogP) is 2.54. The minimum Gasteiger partial charge on any atom is -0.467 e. The van der Waals surface area contributed by atoms with Gasteiger partial charge in [0.15, 0.2) is 5.96 Å². The first-order chi connectivity index (χ1) is 10.6. The molecule has 0 radical (unpaired) electrons. The Morgan fingerprint density at radius 2 is 2.32 bits per heavy atom. The lowest BCUT2D eigenvalue weighted by atomic mass is 9.55. The van der Waals surface area contributed by atoms with Crippen LogP contribution in [0.25, 0.3) is 0 Å². The van der Waals surface area contributed by atoms with Crippen LogP contribution in [0.5, 0.6) is 0 Å². The summed E-state index contributed by atoms with van der Waals surface area (Å²) in [5, 5.41) is 6.96. The smallest absolute Gasteiger partial charge is 0.191 e. The van der Waals surface area contributed by atoms with E-state index in [1.807, 2.05) is 12.1 Å². The van der Waals surface area contributed by atoms with Crippen LogP contribution < -0.4 is 10.6 Å². The van der Waals surface area contributed by atoms with Crippen molar-refractivity contribution in [1.29, 1.82) is 0 Å². The van der Waals surface area contributed by atoms with Gasteiger partial charge in [0.05, 0.1) is 12.4 Å². The highest BCUT2D eigenvalue weighted by molar-refractivity contribution is 5.80. The molecule has 3 rings (SSSR count). The van der Waals surface area contributed by atoms with Gasteiger partial charge < -0.3 is 19.8 Å². The Morgan fingerprint density at radius 3 is 3.05 bits per heavy atom. The van der Waals surface area contributed by atoms with Crippen molar-refractivity contribution in [3.63, 3.8) is 0 Å². The lowest BCUT2D eigenvalue weighted by molar-refractivity contribution is -0.188. The normalized spacial score (nSPS) is 30.3. The first kappa shape index (κ1) is 15.4. The maximum atomic E-state index is 5.97. The van der Waals surface area contributed by atoms with Crippen molar-refractivity contribution in [3.8, 4) is 0 Å². The maximum absolute atomic E-state index is 5.97. The van der Waals surface area contributed by atoms with Crippen molar-refractivity contribution < 1.29 is 9.15 Å². The third-order valence-electron chi connectivity index (χ3n) is 4.94. The fraction of sp³-hybridized carbons (Fsp3) is 0.706. The molecule has 0 aromatic carbocycles. The number of furan rings is 1. The van der Waals surface area contributed by atoms with E-state index in [1.54, 1.807) is 6.26 Å². The van der Waals surface area contributed by atoms with Gasteiger partial charge in [-0.2, -0.15) is 0 Å². The van der Waals surface area contributed by atoms with Gasteiger partial charge in [-0.1, -0.05) is 13.8 Å². The number of guanidine groups is 1. The summed E-state index contributed by atoms with van der Waals surface area (Å²) in [6.45, 7) is 8.97. The van der Waals surface area contributed by atoms with Crippen LogP contribution in [-0.2, 0) is 11.3 Å².